The number of nitrogens with one attached hydrogen (secondary N) is 2. The number of anilines is 2. The molecule has 0 saturated carbocycles. The number of alkyl halides is 3. The summed E-state index contributed by atoms with van der Waals surface area (Å²) in [7, 11) is 0. The van der Waals surface area contributed by atoms with Crippen LogP contribution in [0.2, 0.25) is 0 Å². The van der Waals surface area contributed by atoms with Crippen LogP contribution in [0.25, 0.3) is 0 Å². The molecule has 9 heteroatoms. The Morgan fingerprint density at radius 1 is 1.19 bits per heavy atom. The summed E-state index contributed by atoms with van der Waals surface area (Å²) in [5.41, 5.74) is 2.45. The molecular weight excluding hydrogens is 407 g/mol. The fraction of sp³-hybridized carbons (Fsp3) is 0.227. The second kappa shape index (κ2) is 7.80. The maximum absolute atomic E-state index is 13.8. The molecule has 1 aromatic heterocycles. The lowest BCUT2D eigenvalue weighted by atomic mass is 9.96. The lowest BCUT2D eigenvalue weighted by Gasteiger charge is -2.33. The number of carbonyl (C=O) groups is 1. The van der Waals surface area contributed by atoms with E-state index >= 15 is 0 Å². The van der Waals surface area contributed by atoms with Crippen LogP contribution in [0.4, 0.5) is 24.7 Å². The second-order valence-corrected chi connectivity index (χ2v) is 7.40. The van der Waals surface area contributed by atoms with Gasteiger partial charge in [0.25, 0.3) is 5.91 Å². The molecule has 2 heterocycles. The molecule has 2 atom stereocenters. The zero-order valence-corrected chi connectivity index (χ0v) is 16.4. The molecule has 0 unspecified atom stereocenters. The standard InChI is InChI=1S/C22H18F3N5O/c1-13-2-6-15(7-3-13)17-10-19(22(23,24)25)30-20(28-17)11-18(29-30)21(31)27-16-8-4-14(12-26)5-9-16/h2-9,11,17,19,28H,10H2,1H3,(H,27,31)/t17-,19+/m1/s1. The van der Waals surface area contributed by atoms with Gasteiger partial charge in [-0.2, -0.15) is 23.5 Å². The fourth-order valence-electron chi connectivity index (χ4n) is 3.53. The van der Waals surface area contributed by atoms with Crippen molar-refractivity contribution in [2.24, 2.45) is 0 Å². The van der Waals surface area contributed by atoms with Gasteiger partial charge in [-0.25, -0.2) is 4.68 Å². The maximum Gasteiger partial charge on any atom is 0.410 e. The number of hydrogen-bond acceptors (Lipinski definition) is 4. The fourth-order valence-corrected chi connectivity index (χ4v) is 3.53. The highest BCUT2D eigenvalue weighted by molar-refractivity contribution is 6.03. The Labute approximate surface area is 176 Å². The summed E-state index contributed by atoms with van der Waals surface area (Å²) in [5, 5.41) is 18.4. The minimum absolute atomic E-state index is 0.129. The predicted octanol–water partition coefficient (Wildman–Crippen LogP) is 4.98. The number of amides is 1. The molecule has 0 saturated heterocycles. The van der Waals surface area contributed by atoms with Crippen LogP contribution < -0.4 is 10.6 Å². The van der Waals surface area contributed by atoms with E-state index in [4.69, 9.17) is 5.26 Å². The van der Waals surface area contributed by atoms with Crippen LogP contribution in [0.5, 0.6) is 0 Å². The molecule has 1 amide bonds. The van der Waals surface area contributed by atoms with Crippen molar-refractivity contribution in [2.75, 3.05) is 10.6 Å². The summed E-state index contributed by atoms with van der Waals surface area (Å²) < 4.78 is 42.2. The monoisotopic (exact) mass is 425 g/mol. The van der Waals surface area contributed by atoms with Crippen molar-refractivity contribution < 1.29 is 18.0 Å². The number of aryl methyl sites for hydroxylation is 1. The van der Waals surface area contributed by atoms with E-state index in [0.717, 1.165) is 15.8 Å². The Morgan fingerprint density at radius 3 is 2.48 bits per heavy atom. The van der Waals surface area contributed by atoms with Gasteiger partial charge < -0.3 is 10.6 Å². The minimum Gasteiger partial charge on any atom is -0.363 e. The van der Waals surface area contributed by atoms with Crippen molar-refractivity contribution in [1.29, 1.82) is 5.26 Å². The van der Waals surface area contributed by atoms with E-state index in [-0.39, 0.29) is 17.9 Å². The summed E-state index contributed by atoms with van der Waals surface area (Å²) in [4.78, 5) is 12.6. The molecule has 2 aromatic carbocycles. The van der Waals surface area contributed by atoms with Crippen molar-refractivity contribution >= 4 is 17.4 Å². The third kappa shape index (κ3) is 4.23. The molecule has 31 heavy (non-hydrogen) atoms. The number of rotatable bonds is 3. The average Bonchev–Trinajstić information content (AvgIpc) is 3.17. The number of halogens is 3. The SMILES string of the molecule is Cc1ccc([C@H]2C[C@@H](C(F)(F)F)n3nc(C(=O)Nc4ccc(C#N)cc4)cc3N2)cc1. The Morgan fingerprint density at radius 2 is 1.87 bits per heavy atom. The van der Waals surface area contributed by atoms with Crippen LogP contribution in [0.15, 0.2) is 54.6 Å². The molecule has 0 bridgehead atoms. The molecule has 4 rings (SSSR count). The van der Waals surface area contributed by atoms with E-state index in [1.807, 2.05) is 25.1 Å². The number of benzene rings is 2. The van der Waals surface area contributed by atoms with E-state index < -0.39 is 24.2 Å². The number of hydrogen-bond donors (Lipinski definition) is 2. The number of aromatic nitrogens is 2. The molecule has 158 valence electrons. The normalized spacial score (nSPS) is 17.9. The van der Waals surface area contributed by atoms with E-state index in [1.54, 1.807) is 12.1 Å². The largest absolute Gasteiger partial charge is 0.410 e. The molecule has 0 fully saturated rings. The van der Waals surface area contributed by atoms with Gasteiger partial charge in [-0.15, -0.1) is 0 Å². The quantitative estimate of drug-likeness (QED) is 0.620. The summed E-state index contributed by atoms with van der Waals surface area (Å²) in [6, 6.07) is 14.3. The predicted molar refractivity (Wildman–Crippen MR) is 109 cm³/mol. The highest BCUT2D eigenvalue weighted by Gasteiger charge is 2.46. The third-order valence-electron chi connectivity index (χ3n) is 5.17. The van der Waals surface area contributed by atoms with Gasteiger partial charge in [0.05, 0.1) is 17.7 Å². The van der Waals surface area contributed by atoms with Gasteiger partial charge in [-0.05, 0) is 36.8 Å². The van der Waals surface area contributed by atoms with Gasteiger partial charge in [0, 0.05) is 18.2 Å². The number of fused-ring (bicyclic) bond motifs is 1. The summed E-state index contributed by atoms with van der Waals surface area (Å²) in [6.07, 6.45) is -4.76. The molecule has 0 radical (unpaired) electrons. The lowest BCUT2D eigenvalue weighted by Crippen LogP contribution is -2.35. The smallest absolute Gasteiger partial charge is 0.363 e. The number of nitrogens with zero attached hydrogens (tertiary/aromatic N) is 3. The van der Waals surface area contributed by atoms with Gasteiger partial charge in [-0.3, -0.25) is 4.79 Å². The van der Waals surface area contributed by atoms with Crippen LogP contribution in [0, 0.1) is 18.3 Å². The highest BCUT2D eigenvalue weighted by atomic mass is 19.4. The van der Waals surface area contributed by atoms with Gasteiger partial charge in [0.1, 0.15) is 5.82 Å². The number of nitriles is 1. The third-order valence-corrected chi connectivity index (χ3v) is 5.17. The molecule has 2 N–H and O–H groups in total. The zero-order chi connectivity index (χ0) is 22.2. The molecule has 0 spiro atoms. The Bertz CT molecular complexity index is 1140. The van der Waals surface area contributed by atoms with Crippen molar-refractivity contribution in [3.63, 3.8) is 0 Å². The van der Waals surface area contributed by atoms with E-state index in [2.05, 4.69) is 15.7 Å². The van der Waals surface area contributed by atoms with Crippen LogP contribution in [-0.2, 0) is 0 Å². The molecule has 6 nitrogen and oxygen atoms in total. The van der Waals surface area contributed by atoms with E-state index in [9.17, 15) is 18.0 Å². The first-order valence-corrected chi connectivity index (χ1v) is 9.55. The molecule has 1 aliphatic heterocycles. The molecule has 3 aromatic rings. The summed E-state index contributed by atoms with van der Waals surface area (Å²) >= 11 is 0. The first kappa shape index (κ1) is 20.5. The molecule has 1 aliphatic rings. The number of carbonyl (C=O) groups excluding carboxylic acids is 1. The van der Waals surface area contributed by atoms with Crippen LogP contribution >= 0.6 is 0 Å². The van der Waals surface area contributed by atoms with Crippen LogP contribution in [0.1, 0.15) is 45.7 Å². The van der Waals surface area contributed by atoms with Gasteiger partial charge in [0.2, 0.25) is 0 Å². The zero-order valence-electron chi connectivity index (χ0n) is 16.4. The second-order valence-electron chi connectivity index (χ2n) is 7.40. The van der Waals surface area contributed by atoms with Crippen molar-refractivity contribution in [3.05, 3.63) is 77.0 Å². The van der Waals surface area contributed by atoms with E-state index in [1.165, 1.54) is 30.3 Å². The summed E-state index contributed by atoms with van der Waals surface area (Å²) in [5.74, 6) is -0.509. The van der Waals surface area contributed by atoms with Crippen molar-refractivity contribution in [2.45, 2.75) is 31.6 Å². The Kier molecular flexibility index (Phi) is 5.15. The lowest BCUT2D eigenvalue weighted by molar-refractivity contribution is -0.173. The average molecular weight is 425 g/mol. The Balaban J connectivity index is 1.62. The summed E-state index contributed by atoms with van der Waals surface area (Å²) in [6.45, 7) is 1.91. The minimum atomic E-state index is -4.52. The molecular formula is C22H18F3N5O. The topological polar surface area (TPSA) is 82.7 Å². The van der Waals surface area contributed by atoms with Crippen molar-refractivity contribution in [1.82, 2.24) is 9.78 Å². The Hall–Kier alpha value is -3.80. The van der Waals surface area contributed by atoms with Gasteiger partial charge in [0.15, 0.2) is 11.7 Å². The van der Waals surface area contributed by atoms with Crippen LogP contribution in [-0.4, -0.2) is 21.9 Å². The van der Waals surface area contributed by atoms with E-state index in [0.29, 0.717) is 11.3 Å². The maximum atomic E-state index is 13.8. The molecule has 0 aliphatic carbocycles. The first-order chi connectivity index (χ1) is 14.7. The highest BCUT2D eigenvalue weighted by Crippen LogP contribution is 2.43. The van der Waals surface area contributed by atoms with Gasteiger partial charge >= 0.3 is 6.18 Å². The van der Waals surface area contributed by atoms with Gasteiger partial charge in [-0.1, -0.05) is 29.8 Å². The van der Waals surface area contributed by atoms with Crippen LogP contribution in [0.3, 0.4) is 0 Å². The first-order valence-electron chi connectivity index (χ1n) is 9.55. The van der Waals surface area contributed by atoms with Crippen molar-refractivity contribution in [3.8, 4) is 6.07 Å².